The Balaban J connectivity index is 1.86. The summed E-state index contributed by atoms with van der Waals surface area (Å²) in [6.07, 6.45) is 0. The molecular weight excluding hydrogens is 356 g/mol. The van der Waals surface area contributed by atoms with Crippen LogP contribution in [0, 0.1) is 6.92 Å². The molecule has 0 radical (unpaired) electrons. The number of imidazole rings is 1. The van der Waals surface area contributed by atoms with Crippen molar-refractivity contribution in [2.24, 2.45) is 0 Å². The first-order valence-electron chi connectivity index (χ1n) is 8.00. The van der Waals surface area contributed by atoms with Crippen molar-refractivity contribution in [3.8, 4) is 0 Å². The highest BCUT2D eigenvalue weighted by atomic mass is 32.1. The number of rotatable bonds is 5. The standard InChI is InChI=1S/C17H18N4O4S/c1-4-20-11-7-5-6-8-12(11)21(17(20)24)9-13(22)19-16-18-10(2)14(26-16)15(23)25-3/h5-8H,4,9H2,1-3H3,(H,18,19,22). The van der Waals surface area contributed by atoms with Gasteiger partial charge < -0.3 is 10.1 Å². The number of para-hydroxylation sites is 2. The first-order chi connectivity index (χ1) is 12.5. The molecule has 3 aromatic rings. The number of carbonyl (C=O) groups is 2. The molecule has 1 aromatic carbocycles. The number of methoxy groups -OCH3 is 1. The van der Waals surface area contributed by atoms with Gasteiger partial charge in [0.05, 0.1) is 23.8 Å². The maximum atomic E-state index is 12.6. The Morgan fingerprint density at radius 3 is 2.50 bits per heavy atom. The predicted molar refractivity (Wildman–Crippen MR) is 98.7 cm³/mol. The maximum absolute atomic E-state index is 12.6. The number of fused-ring (bicyclic) bond motifs is 1. The van der Waals surface area contributed by atoms with Crippen LogP contribution in [0.15, 0.2) is 29.1 Å². The second-order valence-electron chi connectivity index (χ2n) is 5.58. The third-order valence-electron chi connectivity index (χ3n) is 3.96. The van der Waals surface area contributed by atoms with Gasteiger partial charge in [-0.2, -0.15) is 0 Å². The molecule has 0 saturated heterocycles. The topological polar surface area (TPSA) is 95.2 Å². The molecule has 0 saturated carbocycles. The fourth-order valence-electron chi connectivity index (χ4n) is 2.77. The molecule has 0 bridgehead atoms. The van der Waals surface area contributed by atoms with Gasteiger partial charge in [0.25, 0.3) is 0 Å². The number of anilines is 1. The van der Waals surface area contributed by atoms with Gasteiger partial charge in [0.2, 0.25) is 5.91 Å². The zero-order valence-corrected chi connectivity index (χ0v) is 15.4. The highest BCUT2D eigenvalue weighted by molar-refractivity contribution is 7.17. The molecule has 0 fully saturated rings. The summed E-state index contributed by atoms with van der Waals surface area (Å²) in [7, 11) is 1.29. The Morgan fingerprint density at radius 1 is 1.23 bits per heavy atom. The summed E-state index contributed by atoms with van der Waals surface area (Å²) >= 11 is 1.04. The van der Waals surface area contributed by atoms with Crippen LogP contribution in [0.3, 0.4) is 0 Å². The van der Waals surface area contributed by atoms with Gasteiger partial charge in [0.1, 0.15) is 11.4 Å². The molecule has 2 aromatic heterocycles. The average molecular weight is 374 g/mol. The highest BCUT2D eigenvalue weighted by Gasteiger charge is 2.18. The highest BCUT2D eigenvalue weighted by Crippen LogP contribution is 2.23. The lowest BCUT2D eigenvalue weighted by molar-refractivity contribution is -0.116. The number of aryl methyl sites for hydroxylation is 2. The van der Waals surface area contributed by atoms with Crippen molar-refractivity contribution < 1.29 is 14.3 Å². The monoisotopic (exact) mass is 374 g/mol. The van der Waals surface area contributed by atoms with Crippen molar-refractivity contribution in [2.75, 3.05) is 12.4 Å². The number of nitrogens with zero attached hydrogens (tertiary/aromatic N) is 3. The van der Waals surface area contributed by atoms with Crippen LogP contribution in [0.2, 0.25) is 0 Å². The number of amides is 1. The Bertz CT molecular complexity index is 1050. The molecule has 136 valence electrons. The van der Waals surface area contributed by atoms with E-state index >= 15 is 0 Å². The minimum Gasteiger partial charge on any atom is -0.465 e. The van der Waals surface area contributed by atoms with Crippen LogP contribution >= 0.6 is 11.3 Å². The summed E-state index contributed by atoms with van der Waals surface area (Å²) in [6.45, 7) is 3.92. The number of ether oxygens (including phenoxy) is 1. The molecule has 8 nitrogen and oxygen atoms in total. The Morgan fingerprint density at radius 2 is 1.88 bits per heavy atom. The summed E-state index contributed by atoms with van der Waals surface area (Å²) in [5.74, 6) is -0.890. The van der Waals surface area contributed by atoms with E-state index in [0.717, 1.165) is 16.9 Å². The number of aromatic nitrogens is 3. The van der Waals surface area contributed by atoms with Gasteiger partial charge in [-0.05, 0) is 26.0 Å². The summed E-state index contributed by atoms with van der Waals surface area (Å²) in [5, 5.41) is 2.93. The SMILES string of the molecule is CCn1c(=O)n(CC(=O)Nc2nc(C)c(C(=O)OC)s2)c2ccccc21. The predicted octanol–water partition coefficient (Wildman–Crippen LogP) is 2.01. The molecule has 3 rings (SSSR count). The van der Waals surface area contributed by atoms with E-state index in [2.05, 4.69) is 15.0 Å². The lowest BCUT2D eigenvalue weighted by Gasteiger charge is -2.03. The summed E-state index contributed by atoms with van der Waals surface area (Å²) in [4.78, 5) is 41.1. The van der Waals surface area contributed by atoms with Crippen LogP contribution in [0.1, 0.15) is 22.3 Å². The van der Waals surface area contributed by atoms with E-state index in [9.17, 15) is 14.4 Å². The van der Waals surface area contributed by atoms with Crippen molar-refractivity contribution in [3.05, 3.63) is 45.3 Å². The van der Waals surface area contributed by atoms with Gasteiger partial charge in [0, 0.05) is 6.54 Å². The Kier molecular flexibility index (Phi) is 4.90. The second kappa shape index (κ2) is 7.12. The lowest BCUT2D eigenvalue weighted by atomic mass is 10.3. The number of thiazole rings is 1. The molecule has 0 aliphatic heterocycles. The molecule has 0 unspecified atom stereocenters. The molecule has 0 aliphatic rings. The van der Waals surface area contributed by atoms with Gasteiger partial charge in [0.15, 0.2) is 5.13 Å². The van der Waals surface area contributed by atoms with Crippen LogP contribution in [0.5, 0.6) is 0 Å². The molecular formula is C17H18N4O4S. The van der Waals surface area contributed by atoms with Crippen LogP contribution in [0.25, 0.3) is 11.0 Å². The summed E-state index contributed by atoms with van der Waals surface area (Å²) in [5.41, 5.74) is 1.72. The number of carbonyl (C=O) groups excluding carboxylic acids is 2. The normalized spacial score (nSPS) is 10.9. The third-order valence-corrected chi connectivity index (χ3v) is 5.01. The van der Waals surface area contributed by atoms with Crippen molar-refractivity contribution in [2.45, 2.75) is 26.9 Å². The van der Waals surface area contributed by atoms with Crippen LogP contribution < -0.4 is 11.0 Å². The molecule has 0 aliphatic carbocycles. The third kappa shape index (κ3) is 3.13. The zero-order chi connectivity index (χ0) is 18.8. The quantitative estimate of drug-likeness (QED) is 0.690. The van der Waals surface area contributed by atoms with Gasteiger partial charge >= 0.3 is 11.7 Å². The van der Waals surface area contributed by atoms with Gasteiger partial charge in [-0.15, -0.1) is 0 Å². The van der Waals surface area contributed by atoms with Gasteiger partial charge in [-0.3, -0.25) is 13.9 Å². The maximum Gasteiger partial charge on any atom is 0.350 e. The molecule has 0 spiro atoms. The largest absolute Gasteiger partial charge is 0.465 e. The minimum absolute atomic E-state index is 0.140. The average Bonchev–Trinajstić information content (AvgIpc) is 3.12. The van der Waals surface area contributed by atoms with Crippen LogP contribution in [-0.4, -0.2) is 33.1 Å². The molecule has 9 heteroatoms. The van der Waals surface area contributed by atoms with E-state index in [1.807, 2.05) is 25.1 Å². The first-order valence-corrected chi connectivity index (χ1v) is 8.81. The van der Waals surface area contributed by atoms with Crippen molar-refractivity contribution in [1.82, 2.24) is 14.1 Å². The Labute approximate surface area is 153 Å². The van der Waals surface area contributed by atoms with Crippen LogP contribution in [-0.2, 0) is 22.6 Å². The Hall–Kier alpha value is -2.94. The lowest BCUT2D eigenvalue weighted by Crippen LogP contribution is -2.29. The van der Waals surface area contributed by atoms with Crippen molar-refractivity contribution in [3.63, 3.8) is 0 Å². The molecule has 0 atom stereocenters. The van der Waals surface area contributed by atoms with E-state index in [4.69, 9.17) is 0 Å². The van der Waals surface area contributed by atoms with Gasteiger partial charge in [-0.25, -0.2) is 14.6 Å². The summed E-state index contributed by atoms with van der Waals surface area (Å²) in [6, 6.07) is 7.33. The fourth-order valence-corrected chi connectivity index (χ4v) is 3.67. The number of hydrogen-bond donors (Lipinski definition) is 1. The van der Waals surface area contributed by atoms with Crippen molar-refractivity contribution in [1.29, 1.82) is 0 Å². The molecule has 2 heterocycles. The summed E-state index contributed by atoms with van der Waals surface area (Å²) < 4.78 is 7.72. The van der Waals surface area contributed by atoms with E-state index in [0.29, 0.717) is 27.8 Å². The molecule has 26 heavy (non-hydrogen) atoms. The number of hydrogen-bond acceptors (Lipinski definition) is 6. The second-order valence-corrected chi connectivity index (χ2v) is 6.57. The van der Waals surface area contributed by atoms with E-state index in [1.165, 1.54) is 11.7 Å². The van der Waals surface area contributed by atoms with Crippen molar-refractivity contribution >= 4 is 39.4 Å². The van der Waals surface area contributed by atoms with Gasteiger partial charge in [-0.1, -0.05) is 23.5 Å². The number of benzene rings is 1. The minimum atomic E-state index is -0.497. The fraction of sp³-hybridized carbons (Fsp3) is 0.294. The first kappa shape index (κ1) is 17.9. The van der Waals surface area contributed by atoms with E-state index in [1.54, 1.807) is 17.6 Å². The zero-order valence-electron chi connectivity index (χ0n) is 14.6. The van der Waals surface area contributed by atoms with E-state index < -0.39 is 11.9 Å². The van der Waals surface area contributed by atoms with Crippen LogP contribution in [0.4, 0.5) is 5.13 Å². The number of esters is 1. The number of nitrogens with one attached hydrogen (secondary N) is 1. The smallest absolute Gasteiger partial charge is 0.350 e. The molecule has 1 amide bonds. The molecule has 1 N–H and O–H groups in total. The van der Waals surface area contributed by atoms with E-state index in [-0.39, 0.29) is 12.2 Å².